The van der Waals surface area contributed by atoms with E-state index in [1.54, 1.807) is 25.4 Å². The maximum Gasteiger partial charge on any atom is 0.287 e. The first-order valence-electron chi connectivity index (χ1n) is 14.3. The fourth-order valence-corrected chi connectivity index (χ4v) is 6.42. The van der Waals surface area contributed by atoms with E-state index in [-0.39, 0.29) is 34.9 Å². The first-order valence-corrected chi connectivity index (χ1v) is 14.7. The molecule has 0 saturated carbocycles. The number of aromatic nitrogens is 2. The molecule has 0 spiro atoms. The number of amides is 3. The zero-order valence-electron chi connectivity index (χ0n) is 24.0. The topological polar surface area (TPSA) is 126 Å². The van der Waals surface area contributed by atoms with E-state index in [9.17, 15) is 19.2 Å². The summed E-state index contributed by atoms with van der Waals surface area (Å²) in [5.41, 5.74) is 3.82. The van der Waals surface area contributed by atoms with E-state index in [0.29, 0.717) is 42.5 Å². The quantitative estimate of drug-likeness (QED) is 0.394. The minimum atomic E-state index is -0.641. The van der Waals surface area contributed by atoms with Crippen molar-refractivity contribution in [3.8, 4) is 5.75 Å². The maximum absolute atomic E-state index is 12.9. The zero-order chi connectivity index (χ0) is 30.2. The molecule has 6 rings (SSSR count). The van der Waals surface area contributed by atoms with Crippen molar-refractivity contribution in [3.05, 3.63) is 86.3 Å². The van der Waals surface area contributed by atoms with Crippen LogP contribution in [0.3, 0.4) is 0 Å². The number of ether oxygens (including phenoxy) is 1. The van der Waals surface area contributed by atoms with Crippen LogP contribution in [-0.4, -0.2) is 69.5 Å². The molecule has 12 heteroatoms. The van der Waals surface area contributed by atoms with Crippen molar-refractivity contribution in [2.45, 2.75) is 50.4 Å². The Morgan fingerprint density at radius 3 is 2.63 bits per heavy atom. The van der Waals surface area contributed by atoms with Crippen LogP contribution in [0.4, 0.5) is 5.69 Å². The summed E-state index contributed by atoms with van der Waals surface area (Å²) >= 11 is 6.28. The van der Waals surface area contributed by atoms with Crippen LogP contribution in [0.25, 0.3) is 0 Å². The van der Waals surface area contributed by atoms with Gasteiger partial charge in [0.1, 0.15) is 23.4 Å². The second kappa shape index (κ2) is 11.8. The highest BCUT2D eigenvalue weighted by atomic mass is 35.5. The summed E-state index contributed by atoms with van der Waals surface area (Å²) in [7, 11) is 3.66. The van der Waals surface area contributed by atoms with Gasteiger partial charge in [-0.3, -0.25) is 24.5 Å². The number of hydrogen-bond donors (Lipinski definition) is 2. The molecular weight excluding hydrogens is 572 g/mol. The first kappa shape index (κ1) is 28.9. The smallest absolute Gasteiger partial charge is 0.287 e. The van der Waals surface area contributed by atoms with Gasteiger partial charge in [0.15, 0.2) is 0 Å². The number of imide groups is 1. The molecule has 3 aromatic rings. The van der Waals surface area contributed by atoms with Gasteiger partial charge < -0.3 is 19.9 Å². The van der Waals surface area contributed by atoms with Crippen LogP contribution in [-0.2, 0) is 29.8 Å². The Labute approximate surface area is 253 Å². The molecule has 3 aliphatic rings. The Bertz CT molecular complexity index is 1640. The van der Waals surface area contributed by atoms with E-state index in [0.717, 1.165) is 30.6 Å². The molecule has 3 aliphatic heterocycles. The number of piperidine rings is 2. The molecule has 1 aromatic heterocycles. The van der Waals surface area contributed by atoms with Crippen LogP contribution in [0.1, 0.15) is 52.2 Å². The van der Waals surface area contributed by atoms with Crippen LogP contribution in [0.5, 0.6) is 5.75 Å². The lowest BCUT2D eigenvalue weighted by Gasteiger charge is -2.36. The second-order valence-corrected chi connectivity index (χ2v) is 11.9. The number of halogens is 1. The summed E-state index contributed by atoms with van der Waals surface area (Å²) in [6, 6.07) is 13.2. The van der Waals surface area contributed by atoms with Gasteiger partial charge in [0, 0.05) is 44.7 Å². The zero-order valence-corrected chi connectivity index (χ0v) is 24.8. The number of aryl methyl sites for hydroxylation is 1. The fourth-order valence-electron chi connectivity index (χ4n) is 6.19. The van der Waals surface area contributed by atoms with Gasteiger partial charge in [-0.2, -0.15) is 5.10 Å². The molecule has 224 valence electrons. The summed E-state index contributed by atoms with van der Waals surface area (Å²) in [5.74, 6) is 0.0135. The van der Waals surface area contributed by atoms with Gasteiger partial charge in [-0.25, -0.2) is 4.68 Å². The lowest BCUT2D eigenvalue weighted by atomic mass is 9.88. The normalized spacial score (nSPS) is 22.3. The van der Waals surface area contributed by atoms with Gasteiger partial charge in [-0.15, -0.1) is 0 Å². The number of hydrogen-bond acceptors (Lipinski definition) is 8. The summed E-state index contributed by atoms with van der Waals surface area (Å²) < 4.78 is 7.29. The van der Waals surface area contributed by atoms with Crippen molar-refractivity contribution in [3.63, 3.8) is 0 Å². The van der Waals surface area contributed by atoms with E-state index in [1.807, 2.05) is 6.07 Å². The van der Waals surface area contributed by atoms with Crippen LogP contribution in [0, 0.1) is 0 Å². The molecule has 43 heavy (non-hydrogen) atoms. The summed E-state index contributed by atoms with van der Waals surface area (Å²) in [6.45, 7) is 2.42. The number of nitrogens with zero attached hydrogens (tertiary/aromatic N) is 4. The van der Waals surface area contributed by atoms with Crippen LogP contribution in [0.2, 0.25) is 5.02 Å². The van der Waals surface area contributed by atoms with Crippen LogP contribution in [0.15, 0.2) is 53.5 Å². The minimum absolute atomic E-state index is 0.107. The van der Waals surface area contributed by atoms with E-state index >= 15 is 0 Å². The van der Waals surface area contributed by atoms with E-state index < -0.39 is 11.9 Å². The molecule has 2 aromatic carbocycles. The number of carbonyl (C=O) groups excluding carboxylic acids is 3. The third kappa shape index (κ3) is 6.00. The number of anilines is 1. The second-order valence-electron chi connectivity index (χ2n) is 11.5. The van der Waals surface area contributed by atoms with E-state index in [2.05, 4.69) is 51.9 Å². The Morgan fingerprint density at radius 2 is 1.86 bits per heavy atom. The lowest BCUT2D eigenvalue weighted by Crippen LogP contribution is -2.52. The molecule has 3 unspecified atom stereocenters. The van der Waals surface area contributed by atoms with Gasteiger partial charge in [-0.1, -0.05) is 35.9 Å². The highest BCUT2D eigenvalue weighted by molar-refractivity contribution is 6.32. The van der Waals surface area contributed by atoms with Crippen molar-refractivity contribution < 1.29 is 19.1 Å². The number of benzene rings is 2. The highest BCUT2D eigenvalue weighted by Gasteiger charge is 2.39. The Morgan fingerprint density at radius 1 is 1.07 bits per heavy atom. The number of nitrogens with one attached hydrogen (secondary N) is 2. The Hall–Kier alpha value is -4.22. The predicted octanol–water partition coefficient (Wildman–Crippen LogP) is 2.67. The standard InChI is InChI=1S/C31H33ClN6O5/c1-36-14-20(11-22(16-36)34-25-13-33-37(2)31(42)28(25)32)19-5-3-18(4-6-19)17-43-23-7-8-24-21(12-23)15-38(30(24)41)26-9-10-27(39)35-29(26)40/h3-8,12-13,20,22,26,34H,9-11,14-17H2,1-2H3,(H,35,39,40). The van der Waals surface area contributed by atoms with E-state index in [4.69, 9.17) is 16.3 Å². The number of likely N-dealkylation sites (N-methyl/N-ethyl adjacent to an activating group) is 1. The summed E-state index contributed by atoms with van der Waals surface area (Å²) in [6.07, 6.45) is 3.03. The van der Waals surface area contributed by atoms with Crippen molar-refractivity contribution in [2.24, 2.45) is 7.05 Å². The number of likely N-dealkylation sites (tertiary alicyclic amines) is 1. The molecule has 0 radical (unpaired) electrons. The average molecular weight is 605 g/mol. The largest absolute Gasteiger partial charge is 0.489 e. The predicted molar refractivity (Wildman–Crippen MR) is 160 cm³/mol. The van der Waals surface area contributed by atoms with Crippen LogP contribution >= 0.6 is 11.6 Å². The highest BCUT2D eigenvalue weighted by Crippen LogP contribution is 2.32. The fraction of sp³-hybridized carbons (Fsp3) is 0.387. The Kier molecular flexibility index (Phi) is 7.93. The summed E-state index contributed by atoms with van der Waals surface area (Å²) in [5, 5.41) is 9.98. The van der Waals surface area contributed by atoms with Crippen molar-refractivity contribution >= 4 is 35.0 Å². The van der Waals surface area contributed by atoms with Crippen LogP contribution < -0.4 is 20.9 Å². The third-order valence-corrected chi connectivity index (χ3v) is 8.79. The van der Waals surface area contributed by atoms with E-state index in [1.165, 1.54) is 15.1 Å². The van der Waals surface area contributed by atoms with Gasteiger partial charge in [0.2, 0.25) is 11.8 Å². The first-order chi connectivity index (χ1) is 20.7. The number of rotatable bonds is 7. The molecule has 11 nitrogen and oxygen atoms in total. The molecule has 3 atom stereocenters. The maximum atomic E-state index is 12.9. The van der Waals surface area contributed by atoms with Crippen molar-refractivity contribution in [1.82, 2.24) is 24.9 Å². The molecule has 0 bridgehead atoms. The van der Waals surface area contributed by atoms with Gasteiger partial charge in [-0.05, 0) is 60.7 Å². The monoisotopic (exact) mass is 604 g/mol. The Balaban J connectivity index is 1.06. The molecule has 2 saturated heterocycles. The molecule has 3 amide bonds. The number of fused-ring (bicyclic) bond motifs is 1. The van der Waals surface area contributed by atoms with Gasteiger partial charge in [0.25, 0.3) is 11.5 Å². The molecular formula is C31H33ClN6O5. The van der Waals surface area contributed by atoms with Gasteiger partial charge >= 0.3 is 0 Å². The average Bonchev–Trinajstić information content (AvgIpc) is 3.31. The SMILES string of the molecule is CN1CC(Nc2cnn(C)c(=O)c2Cl)CC(c2ccc(COc3ccc4c(c3)CN(C3CCC(=O)NC3=O)C4=O)cc2)C1. The third-order valence-electron chi connectivity index (χ3n) is 8.42. The summed E-state index contributed by atoms with van der Waals surface area (Å²) in [4.78, 5) is 52.7. The number of carbonyl (C=O) groups is 3. The van der Waals surface area contributed by atoms with Gasteiger partial charge in [0.05, 0.1) is 11.9 Å². The molecule has 2 fully saturated rings. The molecule has 0 aliphatic carbocycles. The lowest BCUT2D eigenvalue weighted by molar-refractivity contribution is -0.136. The van der Waals surface area contributed by atoms with Crippen molar-refractivity contribution in [2.75, 3.05) is 25.5 Å². The van der Waals surface area contributed by atoms with Crippen molar-refractivity contribution in [1.29, 1.82) is 0 Å². The molecule has 4 heterocycles. The minimum Gasteiger partial charge on any atom is -0.489 e. The molecule has 2 N–H and O–H groups in total.